The predicted octanol–water partition coefficient (Wildman–Crippen LogP) is 9.07. The quantitative estimate of drug-likeness (QED) is 0.146. The zero-order chi connectivity index (χ0) is 25.6. The number of nitrogens with zero attached hydrogens (tertiary/aromatic N) is 5. The fourth-order valence-corrected chi connectivity index (χ4v) is 3.36. The Kier molecular flexibility index (Phi) is 10.5. The Hall–Kier alpha value is -4.13. The molecule has 0 aliphatic rings. The second kappa shape index (κ2) is 14.3. The summed E-state index contributed by atoms with van der Waals surface area (Å²) in [5, 5.41) is 17.2. The van der Waals surface area contributed by atoms with Crippen molar-refractivity contribution in [3.05, 3.63) is 84.6 Å². The molecular weight excluding hydrogens is 450 g/mol. The van der Waals surface area contributed by atoms with Crippen molar-refractivity contribution in [2.24, 2.45) is 20.5 Å². The van der Waals surface area contributed by atoms with E-state index in [0.29, 0.717) is 6.42 Å². The van der Waals surface area contributed by atoms with Crippen molar-refractivity contribution >= 4 is 40.5 Å². The van der Waals surface area contributed by atoms with E-state index in [2.05, 4.69) is 51.3 Å². The molecule has 0 atom stereocenters. The summed E-state index contributed by atoms with van der Waals surface area (Å²) in [4.78, 5) is 13.8. The van der Waals surface area contributed by atoms with Crippen LogP contribution in [-0.2, 0) is 9.53 Å². The van der Waals surface area contributed by atoms with Gasteiger partial charge in [-0.15, -0.1) is 0 Å². The maximum atomic E-state index is 11.5. The molecule has 0 unspecified atom stereocenters. The van der Waals surface area contributed by atoms with Gasteiger partial charge in [0.25, 0.3) is 0 Å². The average molecular weight is 484 g/mol. The topological polar surface area (TPSA) is 79.0 Å². The first-order valence-electron chi connectivity index (χ1n) is 12.4. The molecule has 3 rings (SSSR count). The largest absolute Gasteiger partial charge is 0.434 e. The van der Waals surface area contributed by atoms with Gasteiger partial charge < -0.3 is 9.64 Å². The molecule has 3 aromatic carbocycles. The standard InChI is InChI=1S/C29H33N5O2/c1-4-7-8-29(35)36-22-21-23-9-11-24(12-10-23)30-31-25-13-15-26(16-14-25)32-33-27-17-19-28(20-18-27)34(5-2)6-3/h9-22H,4-8H2,1-3H3/b22-21+,31-30?,33-32?. The lowest BCUT2D eigenvalue weighted by atomic mass is 10.2. The molecule has 0 radical (unpaired) electrons. The number of carbonyl (C=O) groups is 1. The molecule has 0 saturated heterocycles. The smallest absolute Gasteiger partial charge is 0.310 e. The maximum absolute atomic E-state index is 11.5. The summed E-state index contributed by atoms with van der Waals surface area (Å²) >= 11 is 0. The predicted molar refractivity (Wildman–Crippen MR) is 146 cm³/mol. The molecule has 7 nitrogen and oxygen atoms in total. The Bertz CT molecular complexity index is 1160. The van der Waals surface area contributed by atoms with Gasteiger partial charge in [-0.05, 0) is 92.6 Å². The van der Waals surface area contributed by atoms with Crippen LogP contribution in [0, 0.1) is 0 Å². The number of azo groups is 2. The van der Waals surface area contributed by atoms with E-state index in [9.17, 15) is 4.79 Å². The Morgan fingerprint density at radius 2 is 1.17 bits per heavy atom. The summed E-state index contributed by atoms with van der Waals surface area (Å²) in [6.45, 7) is 8.28. The lowest BCUT2D eigenvalue weighted by Gasteiger charge is -2.20. The van der Waals surface area contributed by atoms with Gasteiger partial charge in [0, 0.05) is 25.2 Å². The molecule has 36 heavy (non-hydrogen) atoms. The Balaban J connectivity index is 1.52. The van der Waals surface area contributed by atoms with Gasteiger partial charge >= 0.3 is 5.97 Å². The van der Waals surface area contributed by atoms with E-state index >= 15 is 0 Å². The highest BCUT2D eigenvalue weighted by Gasteiger charge is 2.01. The molecule has 0 N–H and O–H groups in total. The van der Waals surface area contributed by atoms with Crippen molar-refractivity contribution < 1.29 is 9.53 Å². The molecule has 186 valence electrons. The van der Waals surface area contributed by atoms with Crippen molar-refractivity contribution in [3.63, 3.8) is 0 Å². The first kappa shape index (κ1) is 26.5. The fourth-order valence-electron chi connectivity index (χ4n) is 3.36. The minimum Gasteiger partial charge on any atom is -0.434 e. The molecule has 0 spiro atoms. The molecular formula is C29H33N5O2. The van der Waals surface area contributed by atoms with Crippen molar-refractivity contribution in [1.82, 2.24) is 0 Å². The number of anilines is 1. The number of rotatable bonds is 12. The van der Waals surface area contributed by atoms with Gasteiger partial charge in [0.1, 0.15) is 0 Å². The van der Waals surface area contributed by atoms with E-state index in [1.165, 1.54) is 11.9 Å². The number of hydrogen-bond donors (Lipinski definition) is 0. The van der Waals surface area contributed by atoms with Crippen LogP contribution in [0.25, 0.3) is 6.08 Å². The van der Waals surface area contributed by atoms with E-state index < -0.39 is 0 Å². The Labute approximate surface area is 213 Å². The van der Waals surface area contributed by atoms with Gasteiger partial charge in [-0.3, -0.25) is 4.79 Å². The van der Waals surface area contributed by atoms with E-state index in [1.807, 2.05) is 67.6 Å². The first-order valence-corrected chi connectivity index (χ1v) is 12.4. The van der Waals surface area contributed by atoms with Crippen LogP contribution >= 0.6 is 0 Å². The highest BCUT2D eigenvalue weighted by Crippen LogP contribution is 2.25. The first-order chi connectivity index (χ1) is 17.6. The summed E-state index contributed by atoms with van der Waals surface area (Å²) in [7, 11) is 0. The highest BCUT2D eigenvalue weighted by molar-refractivity contribution is 5.70. The maximum Gasteiger partial charge on any atom is 0.310 e. The summed E-state index contributed by atoms with van der Waals surface area (Å²) < 4.78 is 5.08. The molecule has 0 aliphatic carbocycles. The zero-order valence-electron chi connectivity index (χ0n) is 21.2. The van der Waals surface area contributed by atoms with E-state index in [-0.39, 0.29) is 5.97 Å². The third kappa shape index (κ3) is 8.58. The van der Waals surface area contributed by atoms with Crippen LogP contribution in [0.4, 0.5) is 28.4 Å². The van der Waals surface area contributed by atoms with Crippen LogP contribution in [0.1, 0.15) is 45.6 Å². The SMILES string of the molecule is CCCCC(=O)O/C=C/c1ccc(N=Nc2ccc(N=Nc3ccc(N(CC)CC)cc3)cc2)cc1. The number of ether oxygens (including phenoxy) is 1. The van der Waals surface area contributed by atoms with Gasteiger partial charge in [0.2, 0.25) is 0 Å². The molecule has 7 heteroatoms. The number of unbranched alkanes of at least 4 members (excludes halogenated alkanes) is 1. The lowest BCUT2D eigenvalue weighted by molar-refractivity contribution is -0.138. The number of esters is 1. The fraction of sp³-hybridized carbons (Fsp3) is 0.276. The molecule has 0 saturated carbocycles. The van der Waals surface area contributed by atoms with Crippen LogP contribution in [0.2, 0.25) is 0 Å². The number of hydrogen-bond acceptors (Lipinski definition) is 7. The normalized spacial score (nSPS) is 11.5. The summed E-state index contributed by atoms with van der Waals surface area (Å²) in [5.74, 6) is -0.212. The molecule has 0 fully saturated rings. The average Bonchev–Trinajstić information content (AvgIpc) is 2.92. The van der Waals surface area contributed by atoms with Crippen LogP contribution < -0.4 is 4.90 Å². The monoisotopic (exact) mass is 483 g/mol. The second-order valence-electron chi connectivity index (χ2n) is 8.09. The van der Waals surface area contributed by atoms with Crippen molar-refractivity contribution in [2.45, 2.75) is 40.0 Å². The third-order valence-corrected chi connectivity index (χ3v) is 5.48. The summed E-state index contributed by atoms with van der Waals surface area (Å²) in [6, 6.07) is 23.0. The molecule has 0 amide bonds. The Morgan fingerprint density at radius 3 is 1.61 bits per heavy atom. The number of benzene rings is 3. The molecule has 0 heterocycles. The van der Waals surface area contributed by atoms with Crippen molar-refractivity contribution in [3.8, 4) is 0 Å². The minimum absolute atomic E-state index is 0.212. The molecule has 3 aromatic rings. The molecule has 0 aliphatic heterocycles. The van der Waals surface area contributed by atoms with Crippen molar-refractivity contribution in [1.29, 1.82) is 0 Å². The Morgan fingerprint density at radius 1 is 0.722 bits per heavy atom. The summed E-state index contributed by atoms with van der Waals surface area (Å²) in [5.41, 5.74) is 5.10. The van der Waals surface area contributed by atoms with Crippen molar-refractivity contribution in [2.75, 3.05) is 18.0 Å². The van der Waals surface area contributed by atoms with Gasteiger partial charge in [-0.2, -0.15) is 20.5 Å². The molecule has 0 bridgehead atoms. The highest BCUT2D eigenvalue weighted by atomic mass is 16.5. The van der Waals surface area contributed by atoms with Crippen LogP contribution in [0.3, 0.4) is 0 Å². The zero-order valence-corrected chi connectivity index (χ0v) is 21.2. The summed E-state index contributed by atoms with van der Waals surface area (Å²) in [6.07, 6.45) is 5.42. The van der Waals surface area contributed by atoms with E-state index in [0.717, 1.165) is 54.2 Å². The van der Waals surface area contributed by atoms with Gasteiger partial charge in [0.05, 0.1) is 29.0 Å². The van der Waals surface area contributed by atoms with Gasteiger partial charge in [0.15, 0.2) is 0 Å². The minimum atomic E-state index is -0.212. The second-order valence-corrected chi connectivity index (χ2v) is 8.09. The van der Waals surface area contributed by atoms with Gasteiger partial charge in [-0.1, -0.05) is 25.5 Å². The van der Waals surface area contributed by atoms with Crippen LogP contribution in [0.15, 0.2) is 99.5 Å². The van der Waals surface area contributed by atoms with E-state index in [1.54, 1.807) is 6.08 Å². The van der Waals surface area contributed by atoms with E-state index in [4.69, 9.17) is 4.74 Å². The molecule has 0 aromatic heterocycles. The van der Waals surface area contributed by atoms with Crippen LogP contribution in [-0.4, -0.2) is 19.1 Å². The lowest BCUT2D eigenvalue weighted by Crippen LogP contribution is -2.21. The number of carbonyl (C=O) groups excluding carboxylic acids is 1. The van der Waals surface area contributed by atoms with Gasteiger partial charge in [-0.25, -0.2) is 0 Å². The third-order valence-electron chi connectivity index (χ3n) is 5.48. The van der Waals surface area contributed by atoms with Crippen LogP contribution in [0.5, 0.6) is 0 Å².